The van der Waals surface area contributed by atoms with Crippen molar-refractivity contribution in [3.05, 3.63) is 88.9 Å². The Labute approximate surface area is 285 Å². The number of benzene rings is 2. The first kappa shape index (κ1) is 31.4. The van der Waals surface area contributed by atoms with Gasteiger partial charge in [-0.3, -0.25) is 4.79 Å². The van der Waals surface area contributed by atoms with E-state index in [1.807, 2.05) is 38.1 Å². The zero-order valence-electron chi connectivity index (χ0n) is 27.8. The molecule has 5 aromatic rings. The lowest BCUT2D eigenvalue weighted by Gasteiger charge is -2.32. The second-order valence-electron chi connectivity index (χ2n) is 14.0. The molecule has 1 atom stereocenters. The molecule has 11 nitrogen and oxygen atoms in total. The van der Waals surface area contributed by atoms with Crippen molar-refractivity contribution >= 4 is 33.1 Å². The number of carbonyl (C=O) groups is 1. The predicted molar refractivity (Wildman–Crippen MR) is 184 cm³/mol. The average molecular weight is 679 g/mol. The molecule has 252 valence electrons. The van der Waals surface area contributed by atoms with Crippen LogP contribution in [0.15, 0.2) is 70.1 Å². The second kappa shape index (κ2) is 11.9. The van der Waals surface area contributed by atoms with Gasteiger partial charge in [0.25, 0.3) is 15.9 Å². The molecule has 1 amide bonds. The van der Waals surface area contributed by atoms with Crippen LogP contribution in [0.2, 0.25) is 0 Å². The summed E-state index contributed by atoms with van der Waals surface area (Å²) in [4.78, 5) is 34.7. The van der Waals surface area contributed by atoms with Gasteiger partial charge in [-0.05, 0) is 87.1 Å². The number of ether oxygens (including phenoxy) is 1. The summed E-state index contributed by atoms with van der Waals surface area (Å²) in [5.74, 6) is 1.08. The molecule has 1 unspecified atom stereocenters. The number of anilines is 1. The molecule has 3 aromatic heterocycles. The van der Waals surface area contributed by atoms with Gasteiger partial charge in [0.05, 0.1) is 35.1 Å². The summed E-state index contributed by atoms with van der Waals surface area (Å²) < 4.78 is 42.3. The fourth-order valence-electron chi connectivity index (χ4n) is 6.59. The Hall–Kier alpha value is -4.84. The van der Waals surface area contributed by atoms with Gasteiger partial charge < -0.3 is 14.1 Å². The highest BCUT2D eigenvalue weighted by molar-refractivity contribution is 7.92. The molecule has 49 heavy (non-hydrogen) atoms. The van der Waals surface area contributed by atoms with Crippen molar-refractivity contribution in [1.82, 2.24) is 24.8 Å². The van der Waals surface area contributed by atoms with Gasteiger partial charge in [-0.1, -0.05) is 31.2 Å². The molecular weight excluding hydrogens is 641 g/mol. The van der Waals surface area contributed by atoms with Crippen molar-refractivity contribution in [3.8, 4) is 17.1 Å². The van der Waals surface area contributed by atoms with Crippen LogP contribution in [0.25, 0.3) is 22.5 Å². The number of hydrogen-bond donors (Lipinski definition) is 1. The molecule has 1 aliphatic heterocycles. The third-order valence-corrected chi connectivity index (χ3v) is 11.3. The fourth-order valence-corrected chi connectivity index (χ4v) is 7.58. The van der Waals surface area contributed by atoms with Gasteiger partial charge in [-0.2, -0.15) is 4.98 Å². The van der Waals surface area contributed by atoms with Crippen molar-refractivity contribution < 1.29 is 22.4 Å². The Kier molecular flexibility index (Phi) is 7.66. The molecule has 0 radical (unpaired) electrons. The van der Waals surface area contributed by atoms with Gasteiger partial charge in [0.15, 0.2) is 0 Å². The molecular formula is C37H38N6O5S. The monoisotopic (exact) mass is 678 g/mol. The maximum absolute atomic E-state index is 14.5. The normalized spacial score (nSPS) is 19.7. The maximum atomic E-state index is 14.5. The highest BCUT2D eigenvalue weighted by Crippen LogP contribution is 2.49. The van der Waals surface area contributed by atoms with E-state index in [9.17, 15) is 13.2 Å². The summed E-state index contributed by atoms with van der Waals surface area (Å²) in [7, 11) is -4.17. The molecule has 0 spiro atoms. The van der Waals surface area contributed by atoms with Crippen LogP contribution in [-0.2, 0) is 16.6 Å². The molecule has 0 saturated heterocycles. The Bertz CT molecular complexity index is 2190. The number of nitrogens with one attached hydrogen (secondary N) is 1. The highest BCUT2D eigenvalue weighted by Gasteiger charge is 2.39. The van der Waals surface area contributed by atoms with Gasteiger partial charge >= 0.3 is 0 Å². The minimum Gasteiger partial charge on any atom is -0.475 e. The smallest absolute Gasteiger partial charge is 0.264 e. The van der Waals surface area contributed by atoms with E-state index in [1.165, 1.54) is 12.1 Å². The molecule has 4 heterocycles. The van der Waals surface area contributed by atoms with Crippen LogP contribution >= 0.6 is 0 Å². The minimum atomic E-state index is -4.17. The lowest BCUT2D eigenvalue weighted by molar-refractivity contribution is 0.0557. The van der Waals surface area contributed by atoms with Crippen molar-refractivity contribution in [1.29, 1.82) is 0 Å². The quantitative estimate of drug-likeness (QED) is 0.193. The van der Waals surface area contributed by atoms with Gasteiger partial charge in [-0.25, -0.2) is 28.1 Å². The summed E-state index contributed by atoms with van der Waals surface area (Å²) in [5, 5.41) is 0. The zero-order valence-corrected chi connectivity index (χ0v) is 28.6. The van der Waals surface area contributed by atoms with Crippen molar-refractivity contribution in [2.24, 2.45) is 5.41 Å². The first-order valence-corrected chi connectivity index (χ1v) is 18.3. The van der Waals surface area contributed by atoms with Crippen molar-refractivity contribution in [2.75, 3.05) is 11.3 Å². The number of amides is 1. The largest absolute Gasteiger partial charge is 0.475 e. The van der Waals surface area contributed by atoms with E-state index < -0.39 is 10.0 Å². The van der Waals surface area contributed by atoms with E-state index in [4.69, 9.17) is 14.1 Å². The number of rotatable bonds is 7. The lowest BCUT2D eigenvalue weighted by Crippen LogP contribution is -2.44. The number of sulfonamides is 1. The SMILES string of the molecule is Cc1cccc(C)c1-c1cc2nc(n1)NS(=O)(=O)c1cccc(c1)C(=O)N(Cc1cnc3oc(C4CC4)cc3n1)C(CCC1(C)CC1)CO2. The lowest BCUT2D eigenvalue weighted by atomic mass is 9.98. The molecule has 2 saturated carbocycles. The van der Waals surface area contributed by atoms with Gasteiger partial charge in [0, 0.05) is 29.2 Å². The highest BCUT2D eigenvalue weighted by atomic mass is 32.2. The van der Waals surface area contributed by atoms with Crippen molar-refractivity contribution in [2.45, 2.75) is 82.7 Å². The number of fused-ring (bicyclic) bond motifs is 5. The van der Waals surface area contributed by atoms with E-state index in [0.29, 0.717) is 35.0 Å². The topological polar surface area (TPSA) is 140 Å². The summed E-state index contributed by atoms with van der Waals surface area (Å²) in [6, 6.07) is 15.3. The van der Waals surface area contributed by atoms with E-state index in [2.05, 4.69) is 26.6 Å². The predicted octanol–water partition coefficient (Wildman–Crippen LogP) is 6.96. The van der Waals surface area contributed by atoms with E-state index in [1.54, 1.807) is 29.3 Å². The Balaban J connectivity index is 1.22. The van der Waals surface area contributed by atoms with Crippen LogP contribution in [0.5, 0.6) is 5.88 Å². The van der Waals surface area contributed by atoms with E-state index >= 15 is 0 Å². The van der Waals surface area contributed by atoms with Crippen molar-refractivity contribution in [3.63, 3.8) is 0 Å². The molecule has 1 N–H and O–H groups in total. The standard InChI is InChI=1S/C37H38N6O5S/c1-22-6-4-7-23(2)33(22)29-18-32-41-36(40-29)42-49(45,46)28-9-5-8-25(16-28)35(44)43(27(21-47-32)12-13-37(3)14-15-37)20-26-19-38-34-30(39-26)17-31(48-34)24-10-11-24/h4-9,16-19,24,27H,10-15,20-21H2,1-3H3,(H,40,41,42). The molecule has 12 heteroatoms. The third kappa shape index (κ3) is 6.49. The molecule has 2 aromatic carbocycles. The van der Waals surface area contributed by atoms with Crippen LogP contribution in [0.4, 0.5) is 5.95 Å². The zero-order chi connectivity index (χ0) is 33.9. The molecule has 2 fully saturated rings. The Morgan fingerprint density at radius 2 is 1.78 bits per heavy atom. The van der Waals surface area contributed by atoms with Gasteiger partial charge in [0.1, 0.15) is 17.9 Å². The summed E-state index contributed by atoms with van der Waals surface area (Å²) in [6.45, 7) is 6.51. The number of hydrogen-bond acceptors (Lipinski definition) is 9. The first-order valence-electron chi connectivity index (χ1n) is 16.8. The number of nitrogens with zero attached hydrogens (tertiary/aromatic N) is 5. The number of furan rings is 1. The van der Waals surface area contributed by atoms with Gasteiger partial charge in [-0.15, -0.1) is 0 Å². The van der Waals surface area contributed by atoms with E-state index in [-0.39, 0.29) is 52.8 Å². The fraction of sp³-hybridized carbons (Fsp3) is 0.378. The van der Waals surface area contributed by atoms with Crippen LogP contribution in [0.3, 0.4) is 0 Å². The third-order valence-electron chi connectivity index (χ3n) is 9.99. The number of carbonyl (C=O) groups excluding carboxylic acids is 1. The maximum Gasteiger partial charge on any atom is 0.264 e. The number of aryl methyl sites for hydroxylation is 2. The average Bonchev–Trinajstić information content (AvgIpc) is 4.01. The number of aromatic nitrogens is 4. The van der Waals surface area contributed by atoms with E-state index in [0.717, 1.165) is 54.6 Å². The first-order chi connectivity index (χ1) is 23.5. The molecule has 4 bridgehead atoms. The molecule has 8 rings (SSSR count). The minimum absolute atomic E-state index is 0.0738. The molecule has 3 aliphatic rings. The van der Waals surface area contributed by atoms with Gasteiger partial charge in [0.2, 0.25) is 17.5 Å². The summed E-state index contributed by atoms with van der Waals surface area (Å²) in [5.41, 5.74) is 5.56. The Morgan fingerprint density at radius 3 is 2.53 bits per heavy atom. The van der Waals surface area contributed by atoms with Crippen LogP contribution in [0.1, 0.15) is 84.3 Å². The summed E-state index contributed by atoms with van der Waals surface area (Å²) >= 11 is 0. The van der Waals surface area contributed by atoms with Crippen LogP contribution in [-0.4, -0.2) is 51.8 Å². The molecule has 2 aliphatic carbocycles. The van der Waals surface area contributed by atoms with Crippen LogP contribution in [0, 0.1) is 19.3 Å². The van der Waals surface area contributed by atoms with Crippen LogP contribution < -0.4 is 9.46 Å². The summed E-state index contributed by atoms with van der Waals surface area (Å²) in [6.07, 6.45) is 7.70. The Morgan fingerprint density at radius 1 is 1.00 bits per heavy atom. The second-order valence-corrected chi connectivity index (χ2v) is 15.7.